The van der Waals surface area contributed by atoms with Gasteiger partial charge in [0.15, 0.2) is 0 Å². The van der Waals surface area contributed by atoms with E-state index in [1.165, 1.54) is 7.11 Å². The van der Waals surface area contributed by atoms with Crippen molar-refractivity contribution in [2.75, 3.05) is 7.11 Å². The summed E-state index contributed by atoms with van der Waals surface area (Å²) in [5, 5.41) is 0. The number of methoxy groups -OCH3 is 1. The van der Waals surface area contributed by atoms with Crippen LogP contribution >= 0.6 is 0 Å². The molecule has 1 fully saturated rings. The number of likely N-dealkylation sites (tertiary alicyclic amines) is 1. The molecule has 0 aromatic rings. The van der Waals surface area contributed by atoms with Crippen molar-refractivity contribution in [2.45, 2.75) is 71.4 Å². The Morgan fingerprint density at radius 3 is 2.54 bits per heavy atom. The molecule has 1 unspecified atom stereocenters. The van der Waals surface area contributed by atoms with Gasteiger partial charge in [0.2, 0.25) is 5.91 Å². The predicted octanol–water partition coefficient (Wildman–Crippen LogP) is 3.45. The summed E-state index contributed by atoms with van der Waals surface area (Å²) >= 11 is 0. The standard InChI is InChI=1S/C20H29NO5/c1-7-9-11-13-20(12-10-8-2)14-15(16(22)25-6)21(17(20)23)18(24)26-19(3,4)5/h8,15H,2,10-14H2,1,3-6H3/t15-,20?/m0/s1. The number of carbonyl (C=O) groups excluding carboxylic acids is 3. The minimum absolute atomic E-state index is 0.205. The first kappa shape index (κ1) is 21.8. The summed E-state index contributed by atoms with van der Waals surface area (Å²) < 4.78 is 10.2. The van der Waals surface area contributed by atoms with Crippen LogP contribution in [0, 0.1) is 17.3 Å². The quantitative estimate of drug-likeness (QED) is 0.410. The SMILES string of the molecule is C=CCCC1(CCC#CC)C[C@@H](C(=O)OC)N(C(=O)OC(C)(C)C)C1=O. The van der Waals surface area contributed by atoms with Crippen LogP contribution in [0.15, 0.2) is 12.7 Å². The summed E-state index contributed by atoms with van der Waals surface area (Å²) in [6.45, 7) is 10.6. The van der Waals surface area contributed by atoms with Gasteiger partial charge in [-0.25, -0.2) is 14.5 Å². The van der Waals surface area contributed by atoms with Gasteiger partial charge in [0, 0.05) is 6.42 Å². The Kier molecular flexibility index (Phi) is 7.43. The Bertz CT molecular complexity index is 622. The first-order valence-corrected chi connectivity index (χ1v) is 8.77. The average Bonchev–Trinajstić information content (AvgIpc) is 2.84. The molecule has 0 N–H and O–H groups in total. The summed E-state index contributed by atoms with van der Waals surface area (Å²) in [5.74, 6) is 4.75. The maximum Gasteiger partial charge on any atom is 0.417 e. The largest absolute Gasteiger partial charge is 0.467 e. The zero-order valence-electron chi connectivity index (χ0n) is 16.4. The minimum Gasteiger partial charge on any atom is -0.467 e. The number of hydrogen-bond acceptors (Lipinski definition) is 5. The maximum absolute atomic E-state index is 13.2. The van der Waals surface area contributed by atoms with Crippen molar-refractivity contribution < 1.29 is 23.9 Å². The molecule has 2 atom stereocenters. The summed E-state index contributed by atoms with van der Waals surface area (Å²) in [6, 6.07) is -0.984. The highest BCUT2D eigenvalue weighted by atomic mass is 16.6. The van der Waals surface area contributed by atoms with Gasteiger partial charge in [-0.05, 0) is 53.4 Å². The van der Waals surface area contributed by atoms with E-state index in [9.17, 15) is 14.4 Å². The third-order valence-corrected chi connectivity index (χ3v) is 4.36. The van der Waals surface area contributed by atoms with Crippen molar-refractivity contribution in [1.82, 2.24) is 4.90 Å². The number of hydrogen-bond donors (Lipinski definition) is 0. The monoisotopic (exact) mass is 363 g/mol. The van der Waals surface area contributed by atoms with Crippen LogP contribution in [0.3, 0.4) is 0 Å². The van der Waals surface area contributed by atoms with E-state index in [1.807, 2.05) is 0 Å². The van der Waals surface area contributed by atoms with Crippen LogP contribution in [-0.4, -0.2) is 41.6 Å². The fraction of sp³-hybridized carbons (Fsp3) is 0.650. The molecule has 6 heteroatoms. The average molecular weight is 363 g/mol. The Balaban J connectivity index is 3.25. The molecule has 1 aliphatic rings. The second-order valence-corrected chi connectivity index (χ2v) is 7.43. The Hall–Kier alpha value is -2.29. The van der Waals surface area contributed by atoms with E-state index in [2.05, 4.69) is 18.4 Å². The molecule has 2 amide bonds. The van der Waals surface area contributed by atoms with Gasteiger partial charge in [-0.1, -0.05) is 6.08 Å². The molecule has 144 valence electrons. The van der Waals surface area contributed by atoms with E-state index in [0.717, 1.165) is 4.90 Å². The number of esters is 1. The van der Waals surface area contributed by atoms with E-state index < -0.39 is 35.0 Å². The molecular weight excluding hydrogens is 334 g/mol. The number of amides is 2. The number of imide groups is 1. The van der Waals surface area contributed by atoms with Gasteiger partial charge < -0.3 is 9.47 Å². The van der Waals surface area contributed by atoms with Crippen LogP contribution in [0.1, 0.15) is 59.8 Å². The van der Waals surface area contributed by atoms with Crippen molar-refractivity contribution in [3.05, 3.63) is 12.7 Å². The van der Waals surface area contributed by atoms with Crippen molar-refractivity contribution >= 4 is 18.0 Å². The normalized spacial score (nSPS) is 22.4. The van der Waals surface area contributed by atoms with Crippen LogP contribution in [0.4, 0.5) is 4.79 Å². The summed E-state index contributed by atoms with van der Waals surface area (Å²) in [4.78, 5) is 39.0. The molecule has 0 radical (unpaired) electrons. The number of carbonyl (C=O) groups is 3. The Morgan fingerprint density at radius 2 is 2.04 bits per heavy atom. The van der Waals surface area contributed by atoms with E-state index in [4.69, 9.17) is 9.47 Å². The topological polar surface area (TPSA) is 72.9 Å². The molecule has 0 aliphatic carbocycles. The lowest BCUT2D eigenvalue weighted by molar-refractivity contribution is -0.149. The van der Waals surface area contributed by atoms with Crippen molar-refractivity contribution in [1.29, 1.82) is 0 Å². The molecule has 6 nitrogen and oxygen atoms in total. The Labute approximate surface area is 155 Å². The fourth-order valence-electron chi connectivity index (χ4n) is 3.14. The van der Waals surface area contributed by atoms with Gasteiger partial charge in [0.1, 0.15) is 11.6 Å². The van der Waals surface area contributed by atoms with Crippen LogP contribution in [0.5, 0.6) is 0 Å². The second-order valence-electron chi connectivity index (χ2n) is 7.43. The van der Waals surface area contributed by atoms with Crippen LogP contribution < -0.4 is 0 Å². The van der Waals surface area contributed by atoms with Crippen molar-refractivity contribution in [2.24, 2.45) is 5.41 Å². The van der Waals surface area contributed by atoms with Crippen LogP contribution in [-0.2, 0) is 19.1 Å². The van der Waals surface area contributed by atoms with E-state index in [-0.39, 0.29) is 6.42 Å². The number of allylic oxidation sites excluding steroid dienone is 1. The van der Waals surface area contributed by atoms with E-state index >= 15 is 0 Å². The number of nitrogens with zero attached hydrogens (tertiary/aromatic N) is 1. The Morgan fingerprint density at radius 1 is 1.38 bits per heavy atom. The molecule has 0 spiro atoms. The highest BCUT2D eigenvalue weighted by Gasteiger charge is 2.56. The molecule has 0 bridgehead atoms. The summed E-state index contributed by atoms with van der Waals surface area (Å²) in [7, 11) is 1.24. The second kappa shape index (κ2) is 8.88. The molecule has 0 saturated carbocycles. The number of ether oxygens (including phenoxy) is 2. The predicted molar refractivity (Wildman–Crippen MR) is 98.0 cm³/mol. The highest BCUT2D eigenvalue weighted by molar-refractivity contribution is 6.02. The van der Waals surface area contributed by atoms with Crippen molar-refractivity contribution in [3.8, 4) is 11.8 Å². The lowest BCUT2D eigenvalue weighted by atomic mass is 9.76. The van der Waals surface area contributed by atoms with Gasteiger partial charge in [0.25, 0.3) is 0 Å². The van der Waals surface area contributed by atoms with Crippen molar-refractivity contribution in [3.63, 3.8) is 0 Å². The van der Waals surface area contributed by atoms with Gasteiger partial charge in [-0.3, -0.25) is 4.79 Å². The summed E-state index contributed by atoms with van der Waals surface area (Å²) in [6.07, 6.45) is 3.18. The van der Waals surface area contributed by atoms with Crippen LogP contribution in [0.25, 0.3) is 0 Å². The molecule has 1 saturated heterocycles. The summed E-state index contributed by atoms with van der Waals surface area (Å²) in [5.41, 5.74) is -1.63. The zero-order chi connectivity index (χ0) is 20.0. The van der Waals surface area contributed by atoms with Gasteiger partial charge in [-0.2, -0.15) is 0 Å². The molecule has 0 aromatic carbocycles. The van der Waals surface area contributed by atoms with E-state index in [0.29, 0.717) is 25.7 Å². The smallest absolute Gasteiger partial charge is 0.417 e. The zero-order valence-corrected chi connectivity index (χ0v) is 16.4. The first-order valence-electron chi connectivity index (χ1n) is 8.77. The third-order valence-electron chi connectivity index (χ3n) is 4.36. The third kappa shape index (κ3) is 5.10. The molecule has 26 heavy (non-hydrogen) atoms. The first-order chi connectivity index (χ1) is 12.1. The molecule has 1 heterocycles. The lowest BCUT2D eigenvalue weighted by Gasteiger charge is -2.28. The minimum atomic E-state index is -0.984. The highest BCUT2D eigenvalue weighted by Crippen LogP contribution is 2.44. The maximum atomic E-state index is 13.2. The van der Waals surface area contributed by atoms with Gasteiger partial charge in [0.05, 0.1) is 12.5 Å². The molecular formula is C20H29NO5. The molecule has 1 rings (SSSR count). The van der Waals surface area contributed by atoms with Gasteiger partial charge in [-0.15, -0.1) is 18.4 Å². The fourth-order valence-corrected chi connectivity index (χ4v) is 3.14. The lowest BCUT2D eigenvalue weighted by Crippen LogP contribution is -2.47. The number of rotatable bonds is 6. The molecule has 1 aliphatic heterocycles. The molecule has 0 aromatic heterocycles. The van der Waals surface area contributed by atoms with Crippen LogP contribution in [0.2, 0.25) is 0 Å². The van der Waals surface area contributed by atoms with Gasteiger partial charge >= 0.3 is 12.1 Å². The van der Waals surface area contributed by atoms with E-state index in [1.54, 1.807) is 33.8 Å².